The molecule has 2 heteroatoms. The van der Waals surface area contributed by atoms with Gasteiger partial charge in [-0.15, -0.1) is 0 Å². The van der Waals surface area contributed by atoms with Crippen molar-refractivity contribution in [2.75, 3.05) is 39.8 Å². The first-order valence-corrected chi connectivity index (χ1v) is 9.50. The van der Waals surface area contributed by atoms with Gasteiger partial charge in [0.25, 0.3) is 0 Å². The number of nitrogens with zero attached hydrogens (tertiary/aromatic N) is 2. The van der Waals surface area contributed by atoms with E-state index in [-0.39, 0.29) is 0 Å². The molecule has 3 rings (SSSR count). The van der Waals surface area contributed by atoms with Crippen LogP contribution in [-0.2, 0) is 0 Å². The van der Waals surface area contributed by atoms with Crippen LogP contribution in [-0.4, -0.2) is 49.6 Å². The molecule has 2 saturated carbocycles. The highest BCUT2D eigenvalue weighted by Crippen LogP contribution is 2.54. The Bertz CT molecular complexity index is 331. The molecular weight excluding hydrogens is 256 g/mol. The first-order chi connectivity index (χ1) is 10.1. The van der Waals surface area contributed by atoms with E-state index in [9.17, 15) is 0 Å². The highest BCUT2D eigenvalue weighted by Gasteiger charge is 2.47. The minimum absolute atomic E-state index is 0.746. The molecule has 122 valence electrons. The monoisotopic (exact) mass is 292 g/mol. The van der Waals surface area contributed by atoms with E-state index >= 15 is 0 Å². The van der Waals surface area contributed by atoms with Crippen LogP contribution in [0.5, 0.6) is 0 Å². The van der Waals surface area contributed by atoms with Crippen molar-refractivity contribution < 1.29 is 0 Å². The van der Waals surface area contributed by atoms with Crippen LogP contribution in [0.4, 0.5) is 0 Å². The van der Waals surface area contributed by atoms with E-state index in [2.05, 4.69) is 30.7 Å². The topological polar surface area (TPSA) is 6.48 Å². The third-order valence-corrected chi connectivity index (χ3v) is 6.80. The van der Waals surface area contributed by atoms with Crippen molar-refractivity contribution in [2.24, 2.45) is 16.7 Å². The normalized spacial score (nSPS) is 28.0. The van der Waals surface area contributed by atoms with Crippen LogP contribution in [0.2, 0.25) is 0 Å². The van der Waals surface area contributed by atoms with Crippen LogP contribution in [0, 0.1) is 16.7 Å². The van der Waals surface area contributed by atoms with Gasteiger partial charge in [-0.3, -0.25) is 0 Å². The lowest BCUT2D eigenvalue weighted by atomic mass is 9.57. The summed E-state index contributed by atoms with van der Waals surface area (Å²) >= 11 is 0. The van der Waals surface area contributed by atoms with E-state index < -0.39 is 0 Å². The molecule has 0 atom stereocenters. The molecule has 21 heavy (non-hydrogen) atoms. The Morgan fingerprint density at radius 2 is 1.71 bits per heavy atom. The Morgan fingerprint density at radius 3 is 2.24 bits per heavy atom. The predicted octanol–water partition coefficient (Wildman–Crippen LogP) is 4.01. The number of rotatable bonds is 7. The maximum absolute atomic E-state index is 2.79. The quantitative estimate of drug-likeness (QED) is 0.699. The molecule has 0 unspecified atom stereocenters. The lowest BCUT2D eigenvalue weighted by molar-refractivity contribution is -0.0271. The van der Waals surface area contributed by atoms with Crippen molar-refractivity contribution in [2.45, 2.75) is 65.2 Å². The highest BCUT2D eigenvalue weighted by atomic mass is 15.1. The molecule has 2 nitrogen and oxygen atoms in total. The lowest BCUT2D eigenvalue weighted by Crippen LogP contribution is -2.50. The average molecular weight is 293 g/mol. The van der Waals surface area contributed by atoms with Gasteiger partial charge in [-0.25, -0.2) is 0 Å². The van der Waals surface area contributed by atoms with Crippen molar-refractivity contribution in [3.05, 3.63) is 0 Å². The molecule has 1 spiro atoms. The molecule has 0 aromatic rings. The van der Waals surface area contributed by atoms with Crippen molar-refractivity contribution in [1.82, 2.24) is 9.80 Å². The molecule has 0 aromatic carbocycles. The summed E-state index contributed by atoms with van der Waals surface area (Å²) in [5.41, 5.74) is 1.51. The fourth-order valence-electron chi connectivity index (χ4n) is 5.08. The van der Waals surface area contributed by atoms with Gasteiger partial charge in [0.05, 0.1) is 0 Å². The summed E-state index contributed by atoms with van der Waals surface area (Å²) < 4.78 is 0. The van der Waals surface area contributed by atoms with Crippen LogP contribution in [0.15, 0.2) is 0 Å². The Hall–Kier alpha value is -0.0800. The van der Waals surface area contributed by atoms with Gasteiger partial charge < -0.3 is 9.80 Å². The third kappa shape index (κ3) is 3.64. The first-order valence-electron chi connectivity index (χ1n) is 9.50. The Kier molecular flexibility index (Phi) is 4.66. The Morgan fingerprint density at radius 1 is 1.05 bits per heavy atom. The van der Waals surface area contributed by atoms with Gasteiger partial charge in [0.1, 0.15) is 0 Å². The number of hydrogen-bond acceptors (Lipinski definition) is 2. The van der Waals surface area contributed by atoms with Gasteiger partial charge in [-0.1, -0.05) is 13.8 Å². The summed E-state index contributed by atoms with van der Waals surface area (Å²) in [7, 11) is 2.30. The maximum atomic E-state index is 2.79. The zero-order valence-corrected chi connectivity index (χ0v) is 14.7. The lowest BCUT2D eigenvalue weighted by Gasteiger charge is -2.53. The smallest absolute Gasteiger partial charge is 0.00379 e. The van der Waals surface area contributed by atoms with Crippen LogP contribution < -0.4 is 0 Å². The van der Waals surface area contributed by atoms with E-state index in [1.54, 1.807) is 0 Å². The van der Waals surface area contributed by atoms with Crippen molar-refractivity contribution in [3.8, 4) is 0 Å². The van der Waals surface area contributed by atoms with Crippen LogP contribution in [0.3, 0.4) is 0 Å². The van der Waals surface area contributed by atoms with Gasteiger partial charge in [0.15, 0.2) is 0 Å². The Labute approximate surface area is 132 Å². The molecule has 0 aromatic heterocycles. The molecule has 0 amide bonds. The largest absolute Gasteiger partial charge is 0.306 e. The SMILES string of the molecule is CCCN(C)CC1CC2(CCN(CC3(CC)CC3)CC2)C1. The standard InChI is InChI=1S/C19H36N2/c1-4-10-20(3)15-17-13-19(14-17)8-11-21(12-9-19)16-18(5-2)6-7-18/h17H,4-16H2,1-3H3. The number of piperidine rings is 1. The van der Waals surface area contributed by atoms with Gasteiger partial charge in [0.2, 0.25) is 0 Å². The molecule has 0 bridgehead atoms. The fourth-order valence-corrected chi connectivity index (χ4v) is 5.08. The molecule has 1 aliphatic heterocycles. The minimum Gasteiger partial charge on any atom is -0.306 e. The summed E-state index contributed by atoms with van der Waals surface area (Å²) in [6.07, 6.45) is 11.7. The second-order valence-electron chi connectivity index (χ2n) is 8.67. The van der Waals surface area contributed by atoms with Crippen molar-refractivity contribution >= 4 is 0 Å². The molecule has 0 N–H and O–H groups in total. The molecule has 1 heterocycles. The molecular formula is C19H36N2. The van der Waals surface area contributed by atoms with E-state index in [1.807, 2.05) is 0 Å². The van der Waals surface area contributed by atoms with Gasteiger partial charge in [-0.05, 0) is 94.8 Å². The van der Waals surface area contributed by atoms with Crippen molar-refractivity contribution in [1.29, 1.82) is 0 Å². The molecule has 2 aliphatic carbocycles. The van der Waals surface area contributed by atoms with Gasteiger partial charge in [-0.2, -0.15) is 0 Å². The molecule has 3 fully saturated rings. The average Bonchev–Trinajstić information content (AvgIpc) is 3.20. The Balaban J connectivity index is 1.37. The number of likely N-dealkylation sites (tertiary alicyclic amines) is 1. The van der Waals surface area contributed by atoms with E-state index in [1.165, 1.54) is 84.1 Å². The molecule has 0 radical (unpaired) electrons. The maximum Gasteiger partial charge on any atom is 0.00379 e. The third-order valence-electron chi connectivity index (χ3n) is 6.80. The van der Waals surface area contributed by atoms with E-state index in [0.29, 0.717) is 0 Å². The van der Waals surface area contributed by atoms with Crippen molar-refractivity contribution in [3.63, 3.8) is 0 Å². The van der Waals surface area contributed by atoms with Gasteiger partial charge >= 0.3 is 0 Å². The summed E-state index contributed by atoms with van der Waals surface area (Å²) in [6, 6.07) is 0. The summed E-state index contributed by atoms with van der Waals surface area (Å²) in [4.78, 5) is 5.34. The fraction of sp³-hybridized carbons (Fsp3) is 1.00. The minimum atomic E-state index is 0.746. The summed E-state index contributed by atoms with van der Waals surface area (Å²) in [6.45, 7) is 11.5. The van der Waals surface area contributed by atoms with Crippen LogP contribution in [0.25, 0.3) is 0 Å². The second-order valence-corrected chi connectivity index (χ2v) is 8.67. The molecule has 1 saturated heterocycles. The highest BCUT2D eigenvalue weighted by molar-refractivity contribution is 5.00. The summed E-state index contributed by atoms with van der Waals surface area (Å²) in [5.74, 6) is 0.999. The zero-order valence-electron chi connectivity index (χ0n) is 14.7. The van der Waals surface area contributed by atoms with E-state index in [0.717, 1.165) is 16.7 Å². The predicted molar refractivity (Wildman–Crippen MR) is 90.6 cm³/mol. The van der Waals surface area contributed by atoms with E-state index in [4.69, 9.17) is 0 Å². The van der Waals surface area contributed by atoms with Crippen LogP contribution in [0.1, 0.15) is 65.2 Å². The number of hydrogen-bond donors (Lipinski definition) is 0. The first kappa shape index (κ1) is 15.8. The zero-order chi connectivity index (χ0) is 14.9. The summed E-state index contributed by atoms with van der Waals surface area (Å²) in [5, 5.41) is 0. The van der Waals surface area contributed by atoms with Crippen LogP contribution >= 0.6 is 0 Å². The molecule has 3 aliphatic rings. The van der Waals surface area contributed by atoms with Gasteiger partial charge in [0, 0.05) is 13.1 Å². The second kappa shape index (κ2) is 6.20.